The van der Waals surface area contributed by atoms with E-state index in [0.717, 1.165) is 11.8 Å². The maximum absolute atomic E-state index is 12.7. The molecule has 0 bridgehead atoms. The lowest BCUT2D eigenvalue weighted by atomic mass is 10.1. The average Bonchev–Trinajstić information content (AvgIpc) is 2.71. The number of carbonyl (C=O) groups is 1. The molecule has 1 N–H and O–H groups in total. The minimum Gasteiger partial charge on any atom is -0.325 e. The Morgan fingerprint density at radius 2 is 2.00 bits per heavy atom. The molecule has 0 saturated heterocycles. The van der Waals surface area contributed by atoms with E-state index in [1.54, 1.807) is 36.4 Å². The zero-order valence-electron chi connectivity index (χ0n) is 15.2. The SMILES string of the molecule is CN1c2ccccc2-c2nc(SCC(=O)Nc3cccc(Cl)c3)ncc2S1(=O)=O. The van der Waals surface area contributed by atoms with E-state index in [9.17, 15) is 13.2 Å². The van der Waals surface area contributed by atoms with Gasteiger partial charge in [0, 0.05) is 23.3 Å². The number of hydrogen-bond donors (Lipinski definition) is 1. The molecule has 0 atom stereocenters. The molecule has 0 radical (unpaired) electrons. The van der Waals surface area contributed by atoms with Gasteiger partial charge in [-0.1, -0.05) is 47.6 Å². The van der Waals surface area contributed by atoms with Gasteiger partial charge in [0.05, 0.1) is 23.3 Å². The number of benzene rings is 2. The van der Waals surface area contributed by atoms with E-state index in [2.05, 4.69) is 15.3 Å². The minimum atomic E-state index is -3.72. The van der Waals surface area contributed by atoms with Crippen LogP contribution in [0.15, 0.2) is 64.8 Å². The van der Waals surface area contributed by atoms with Crippen LogP contribution < -0.4 is 9.62 Å². The highest BCUT2D eigenvalue weighted by Gasteiger charge is 2.34. The summed E-state index contributed by atoms with van der Waals surface area (Å²) in [5, 5.41) is 3.59. The van der Waals surface area contributed by atoms with E-state index in [1.807, 2.05) is 12.1 Å². The quantitative estimate of drug-likeness (QED) is 0.485. The second-order valence-electron chi connectivity index (χ2n) is 6.20. The largest absolute Gasteiger partial charge is 0.325 e. The number of thioether (sulfide) groups is 1. The first-order valence-corrected chi connectivity index (χ1v) is 11.3. The molecule has 1 amide bonds. The number of hydrogen-bond acceptors (Lipinski definition) is 6. The highest BCUT2D eigenvalue weighted by molar-refractivity contribution is 7.99. The molecule has 0 fully saturated rings. The molecule has 4 rings (SSSR count). The van der Waals surface area contributed by atoms with Gasteiger partial charge in [-0.25, -0.2) is 18.4 Å². The first kappa shape index (κ1) is 19.7. The summed E-state index contributed by atoms with van der Waals surface area (Å²) in [5.41, 5.74) is 2.18. The molecular formula is C19H15ClN4O3S2. The number of para-hydroxylation sites is 1. The second kappa shape index (κ2) is 7.66. The maximum Gasteiger partial charge on any atom is 0.267 e. The Bertz CT molecular complexity index is 1220. The van der Waals surface area contributed by atoms with Crippen molar-refractivity contribution in [3.63, 3.8) is 0 Å². The molecule has 3 aromatic rings. The van der Waals surface area contributed by atoms with Gasteiger partial charge in [0.15, 0.2) is 5.16 Å². The Hall–Kier alpha value is -2.62. The van der Waals surface area contributed by atoms with Crippen molar-refractivity contribution in [1.29, 1.82) is 0 Å². The predicted molar refractivity (Wildman–Crippen MR) is 114 cm³/mol. The van der Waals surface area contributed by atoms with Crippen LogP contribution in [-0.2, 0) is 14.8 Å². The van der Waals surface area contributed by atoms with Crippen molar-refractivity contribution >= 4 is 50.7 Å². The molecule has 0 unspecified atom stereocenters. The average molecular weight is 447 g/mol. The number of nitrogens with zero attached hydrogens (tertiary/aromatic N) is 3. The van der Waals surface area contributed by atoms with E-state index in [-0.39, 0.29) is 16.6 Å². The third-order valence-electron chi connectivity index (χ3n) is 4.31. The van der Waals surface area contributed by atoms with Crippen molar-refractivity contribution in [2.24, 2.45) is 0 Å². The summed E-state index contributed by atoms with van der Waals surface area (Å²) in [7, 11) is -2.22. The summed E-state index contributed by atoms with van der Waals surface area (Å²) in [6.45, 7) is 0. The predicted octanol–water partition coefficient (Wildman–Crippen LogP) is 3.67. The van der Waals surface area contributed by atoms with Crippen LogP contribution in [0, 0.1) is 0 Å². The van der Waals surface area contributed by atoms with Crippen LogP contribution in [0.3, 0.4) is 0 Å². The number of anilines is 2. The number of carbonyl (C=O) groups excluding carboxylic acids is 1. The lowest BCUT2D eigenvalue weighted by Crippen LogP contribution is -2.31. The van der Waals surface area contributed by atoms with Gasteiger partial charge in [-0.2, -0.15) is 0 Å². The lowest BCUT2D eigenvalue weighted by Gasteiger charge is -2.28. The fourth-order valence-corrected chi connectivity index (χ4v) is 5.03. The normalized spacial score (nSPS) is 14.1. The van der Waals surface area contributed by atoms with Gasteiger partial charge in [0.2, 0.25) is 5.91 Å². The summed E-state index contributed by atoms with van der Waals surface area (Å²) >= 11 is 7.04. The van der Waals surface area contributed by atoms with Crippen molar-refractivity contribution in [1.82, 2.24) is 9.97 Å². The van der Waals surface area contributed by atoms with Gasteiger partial charge in [-0.15, -0.1) is 0 Å². The minimum absolute atomic E-state index is 0.0476. The van der Waals surface area contributed by atoms with Crippen molar-refractivity contribution < 1.29 is 13.2 Å². The molecule has 1 aliphatic rings. The van der Waals surface area contributed by atoms with Gasteiger partial charge in [-0.05, 0) is 24.3 Å². The Morgan fingerprint density at radius 3 is 2.79 bits per heavy atom. The van der Waals surface area contributed by atoms with Crippen LogP contribution in [-0.4, -0.2) is 37.1 Å². The van der Waals surface area contributed by atoms with Crippen molar-refractivity contribution in [3.05, 3.63) is 59.8 Å². The Morgan fingerprint density at radius 1 is 1.21 bits per heavy atom. The lowest BCUT2D eigenvalue weighted by molar-refractivity contribution is -0.113. The van der Waals surface area contributed by atoms with Gasteiger partial charge < -0.3 is 5.32 Å². The highest BCUT2D eigenvalue weighted by atomic mass is 35.5. The number of halogens is 1. The van der Waals surface area contributed by atoms with E-state index in [1.165, 1.54) is 17.5 Å². The molecule has 2 aromatic carbocycles. The van der Waals surface area contributed by atoms with E-state index in [4.69, 9.17) is 11.6 Å². The van der Waals surface area contributed by atoms with E-state index in [0.29, 0.717) is 32.8 Å². The fourth-order valence-electron chi connectivity index (χ4n) is 2.92. The number of aromatic nitrogens is 2. The van der Waals surface area contributed by atoms with Crippen LogP contribution in [0.5, 0.6) is 0 Å². The number of amides is 1. The monoisotopic (exact) mass is 446 g/mol. The van der Waals surface area contributed by atoms with Crippen LogP contribution in [0.4, 0.5) is 11.4 Å². The van der Waals surface area contributed by atoms with Crippen LogP contribution in [0.25, 0.3) is 11.3 Å². The molecule has 0 saturated carbocycles. The maximum atomic E-state index is 12.7. The van der Waals surface area contributed by atoms with Crippen molar-refractivity contribution in [2.45, 2.75) is 10.1 Å². The van der Waals surface area contributed by atoms with Crippen LogP contribution in [0.1, 0.15) is 0 Å². The van der Waals surface area contributed by atoms with Crippen molar-refractivity contribution in [2.75, 3.05) is 22.4 Å². The van der Waals surface area contributed by atoms with Crippen LogP contribution in [0.2, 0.25) is 5.02 Å². The molecule has 1 aromatic heterocycles. The summed E-state index contributed by atoms with van der Waals surface area (Å²) in [6, 6.07) is 14.0. The molecule has 0 spiro atoms. The number of nitrogens with one attached hydrogen (secondary N) is 1. The third kappa shape index (κ3) is 3.81. The first-order chi connectivity index (χ1) is 13.9. The van der Waals surface area contributed by atoms with Crippen molar-refractivity contribution in [3.8, 4) is 11.3 Å². The molecule has 7 nitrogen and oxygen atoms in total. The van der Waals surface area contributed by atoms with Gasteiger partial charge >= 0.3 is 0 Å². The topological polar surface area (TPSA) is 92.3 Å². The zero-order chi connectivity index (χ0) is 20.6. The third-order valence-corrected chi connectivity index (χ3v) is 7.18. The Kier molecular flexibility index (Phi) is 5.20. The van der Waals surface area contributed by atoms with Crippen LogP contribution >= 0.6 is 23.4 Å². The first-order valence-electron chi connectivity index (χ1n) is 8.50. The molecule has 2 heterocycles. The summed E-state index contributed by atoms with van der Waals surface area (Å²) in [6.07, 6.45) is 1.29. The molecule has 148 valence electrons. The molecule has 1 aliphatic heterocycles. The van der Waals surface area contributed by atoms with Gasteiger partial charge in [0.1, 0.15) is 4.90 Å². The Balaban J connectivity index is 1.57. The zero-order valence-corrected chi connectivity index (χ0v) is 17.6. The fraction of sp³-hybridized carbons (Fsp3) is 0.105. The van der Waals surface area contributed by atoms with Gasteiger partial charge in [0.25, 0.3) is 10.0 Å². The molecule has 0 aliphatic carbocycles. The Labute approximate surface area is 177 Å². The number of sulfonamides is 1. The molecule has 10 heteroatoms. The van der Waals surface area contributed by atoms with Gasteiger partial charge in [-0.3, -0.25) is 9.10 Å². The standard InChI is InChI=1S/C19H15ClN4O3S2/c1-24-15-8-3-2-7-14(15)18-16(29(24,26)27)10-21-19(23-18)28-11-17(25)22-13-6-4-5-12(20)9-13/h2-10H,11H2,1H3,(H,22,25). The van der Waals surface area contributed by atoms with E-state index < -0.39 is 10.0 Å². The van der Waals surface area contributed by atoms with E-state index >= 15 is 0 Å². The summed E-state index contributed by atoms with van der Waals surface area (Å²) in [4.78, 5) is 20.8. The summed E-state index contributed by atoms with van der Waals surface area (Å²) in [5.74, 6) is -0.175. The molecule has 29 heavy (non-hydrogen) atoms. The number of rotatable bonds is 4. The smallest absolute Gasteiger partial charge is 0.267 e. The summed E-state index contributed by atoms with van der Waals surface area (Å²) < 4.78 is 26.7. The second-order valence-corrected chi connectivity index (χ2v) is 9.52. The highest BCUT2D eigenvalue weighted by Crippen LogP contribution is 2.41. The molecular weight excluding hydrogens is 432 g/mol. The number of fused-ring (bicyclic) bond motifs is 3.